The molecule has 0 unspecified atom stereocenters. The summed E-state index contributed by atoms with van der Waals surface area (Å²) in [6.07, 6.45) is 0. The van der Waals surface area contributed by atoms with Crippen LogP contribution in [0.5, 0.6) is 0 Å². The number of rotatable bonds is 6. The minimum atomic E-state index is -0.955. The van der Waals surface area contributed by atoms with E-state index in [4.69, 9.17) is 17.0 Å². The lowest BCUT2D eigenvalue weighted by atomic mass is 9.89. The second kappa shape index (κ2) is 8.05. The number of carbonyl (C=O) groups excluding carboxylic acids is 2. The number of nitro benzene ring substituents is 1. The molecule has 8 nitrogen and oxygen atoms in total. The summed E-state index contributed by atoms with van der Waals surface area (Å²) < 4.78 is 4.85. The molecule has 138 valence electrons. The molecule has 0 fully saturated rings. The predicted octanol–water partition coefficient (Wildman–Crippen LogP) is 2.16. The molecular formula is C17H19N3O5S. The van der Waals surface area contributed by atoms with E-state index in [1.807, 2.05) is 13.8 Å². The number of nitrogens with zero attached hydrogens (tertiary/aromatic N) is 1. The molecule has 1 aromatic rings. The van der Waals surface area contributed by atoms with Gasteiger partial charge < -0.3 is 15.4 Å². The van der Waals surface area contributed by atoms with Gasteiger partial charge in [0.2, 0.25) is 0 Å². The highest BCUT2D eigenvalue weighted by Gasteiger charge is 2.36. The van der Waals surface area contributed by atoms with E-state index in [0.717, 1.165) is 0 Å². The zero-order valence-electron chi connectivity index (χ0n) is 14.6. The molecular weight excluding hydrogens is 358 g/mol. The van der Waals surface area contributed by atoms with Crippen LogP contribution in [0.25, 0.3) is 0 Å². The quantitative estimate of drug-likeness (QED) is 0.255. The van der Waals surface area contributed by atoms with Crippen LogP contribution in [0.3, 0.4) is 0 Å². The maximum absolute atomic E-state index is 12.7. The first-order valence-corrected chi connectivity index (χ1v) is 8.44. The van der Waals surface area contributed by atoms with Gasteiger partial charge in [0, 0.05) is 17.8 Å². The first-order chi connectivity index (χ1) is 12.3. The van der Waals surface area contributed by atoms with Gasteiger partial charge in [-0.25, -0.2) is 4.79 Å². The van der Waals surface area contributed by atoms with E-state index in [-0.39, 0.29) is 23.8 Å². The van der Waals surface area contributed by atoms with E-state index in [1.165, 1.54) is 24.3 Å². The lowest BCUT2D eigenvalue weighted by Crippen LogP contribution is -2.47. The van der Waals surface area contributed by atoms with Crippen LogP contribution < -0.4 is 10.6 Å². The van der Waals surface area contributed by atoms with Gasteiger partial charge in [-0.2, -0.15) is 0 Å². The molecule has 26 heavy (non-hydrogen) atoms. The number of thiocarbonyl (C=S) groups is 1. The number of hydrogen-bond donors (Lipinski definition) is 2. The molecule has 0 radical (unpaired) electrons. The normalized spacial score (nSPS) is 16.8. The topological polar surface area (TPSA) is 111 Å². The van der Waals surface area contributed by atoms with Crippen molar-refractivity contribution < 1.29 is 19.2 Å². The third-order valence-corrected chi connectivity index (χ3v) is 4.04. The number of non-ortho nitro benzene ring substituents is 1. The molecule has 1 aromatic carbocycles. The Morgan fingerprint density at radius 2 is 1.92 bits per heavy atom. The van der Waals surface area contributed by atoms with Crippen LogP contribution in [0.4, 0.5) is 5.69 Å². The summed E-state index contributed by atoms with van der Waals surface area (Å²) in [4.78, 5) is 35.1. The Hall–Kier alpha value is -2.81. The SMILES string of the molecule is CCOC(=O)C(=O)C1=C(C(C)C)NC(=S)N[C@H]1c1ccc([N+](=O)[O-])cc1. The summed E-state index contributed by atoms with van der Waals surface area (Å²) >= 11 is 5.21. The zero-order valence-corrected chi connectivity index (χ0v) is 15.4. The highest BCUT2D eigenvalue weighted by molar-refractivity contribution is 7.80. The fourth-order valence-electron chi connectivity index (χ4n) is 2.64. The number of ketones is 1. The third-order valence-electron chi connectivity index (χ3n) is 3.82. The number of hydrogen-bond acceptors (Lipinski definition) is 6. The lowest BCUT2D eigenvalue weighted by molar-refractivity contribution is -0.384. The molecule has 0 bridgehead atoms. The molecule has 1 heterocycles. The summed E-state index contributed by atoms with van der Waals surface area (Å²) in [5, 5.41) is 17.0. The number of nitro groups is 1. The molecule has 1 aliphatic rings. The van der Waals surface area contributed by atoms with Crippen molar-refractivity contribution in [3.63, 3.8) is 0 Å². The van der Waals surface area contributed by atoms with E-state index in [0.29, 0.717) is 16.4 Å². The van der Waals surface area contributed by atoms with Crippen molar-refractivity contribution in [1.29, 1.82) is 0 Å². The maximum atomic E-state index is 12.7. The van der Waals surface area contributed by atoms with Gasteiger partial charge in [-0.1, -0.05) is 13.8 Å². The van der Waals surface area contributed by atoms with E-state index in [2.05, 4.69) is 10.6 Å². The number of carbonyl (C=O) groups is 2. The Kier molecular flexibility index (Phi) is 6.04. The lowest BCUT2D eigenvalue weighted by Gasteiger charge is -2.32. The van der Waals surface area contributed by atoms with Crippen molar-refractivity contribution in [3.05, 3.63) is 51.2 Å². The van der Waals surface area contributed by atoms with Crippen molar-refractivity contribution in [2.45, 2.75) is 26.8 Å². The van der Waals surface area contributed by atoms with E-state index >= 15 is 0 Å². The molecule has 0 saturated heterocycles. The van der Waals surface area contributed by atoms with E-state index in [9.17, 15) is 19.7 Å². The number of nitrogens with one attached hydrogen (secondary N) is 2. The summed E-state index contributed by atoms with van der Waals surface area (Å²) in [6.45, 7) is 5.42. The molecule has 2 rings (SSSR count). The minimum Gasteiger partial charge on any atom is -0.460 e. The second-order valence-electron chi connectivity index (χ2n) is 5.91. The number of ether oxygens (including phenoxy) is 1. The van der Waals surface area contributed by atoms with Crippen molar-refractivity contribution in [3.8, 4) is 0 Å². The Morgan fingerprint density at radius 1 is 1.31 bits per heavy atom. The Labute approximate surface area is 155 Å². The number of esters is 1. The molecule has 0 spiro atoms. The highest BCUT2D eigenvalue weighted by atomic mass is 32.1. The van der Waals surface area contributed by atoms with Crippen molar-refractivity contribution in [2.75, 3.05) is 6.61 Å². The zero-order chi connectivity index (χ0) is 19.4. The van der Waals surface area contributed by atoms with E-state index in [1.54, 1.807) is 6.92 Å². The fourth-order valence-corrected chi connectivity index (χ4v) is 2.87. The monoisotopic (exact) mass is 377 g/mol. The molecule has 2 N–H and O–H groups in total. The first kappa shape index (κ1) is 19.5. The molecule has 1 aliphatic heterocycles. The Bertz CT molecular complexity index is 786. The van der Waals surface area contributed by atoms with Crippen molar-refractivity contribution >= 4 is 34.8 Å². The van der Waals surface area contributed by atoms with Gasteiger partial charge in [-0.15, -0.1) is 0 Å². The van der Waals surface area contributed by atoms with Gasteiger partial charge in [0.15, 0.2) is 5.11 Å². The van der Waals surface area contributed by atoms with Crippen LogP contribution in [-0.4, -0.2) is 28.4 Å². The van der Waals surface area contributed by atoms with Gasteiger partial charge in [-0.05, 0) is 42.8 Å². The van der Waals surface area contributed by atoms with E-state index < -0.39 is 22.7 Å². The van der Waals surface area contributed by atoms with Gasteiger partial charge >= 0.3 is 5.97 Å². The third kappa shape index (κ3) is 4.05. The first-order valence-electron chi connectivity index (χ1n) is 8.03. The van der Waals surface area contributed by atoms with Crippen molar-refractivity contribution in [1.82, 2.24) is 10.6 Å². The number of allylic oxidation sites excluding steroid dienone is 1. The van der Waals surface area contributed by atoms with Crippen LogP contribution in [0.15, 0.2) is 35.5 Å². The molecule has 0 amide bonds. The molecule has 9 heteroatoms. The maximum Gasteiger partial charge on any atom is 0.379 e. The predicted molar refractivity (Wildman–Crippen MR) is 98.2 cm³/mol. The van der Waals surface area contributed by atoms with Crippen LogP contribution in [-0.2, 0) is 14.3 Å². The van der Waals surface area contributed by atoms with Gasteiger partial charge in [0.1, 0.15) is 0 Å². The van der Waals surface area contributed by atoms with Crippen LogP contribution in [0.2, 0.25) is 0 Å². The van der Waals surface area contributed by atoms with Crippen molar-refractivity contribution in [2.24, 2.45) is 5.92 Å². The Morgan fingerprint density at radius 3 is 2.42 bits per heavy atom. The molecule has 0 saturated carbocycles. The van der Waals surface area contributed by atoms with Crippen LogP contribution in [0, 0.1) is 16.0 Å². The standard InChI is InChI=1S/C17H19N3O5S/c1-4-25-16(22)15(21)12-13(9(2)3)18-17(26)19-14(12)10-5-7-11(8-6-10)20(23)24/h5-9,14H,4H2,1-3H3,(H2,18,19,26)/t14-/m0/s1. The van der Waals surface area contributed by atoms with Crippen LogP contribution in [0.1, 0.15) is 32.4 Å². The summed E-state index contributed by atoms with van der Waals surface area (Å²) in [5.74, 6) is -1.84. The van der Waals surface area contributed by atoms with Gasteiger partial charge in [0.05, 0.1) is 23.1 Å². The highest BCUT2D eigenvalue weighted by Crippen LogP contribution is 2.31. The second-order valence-corrected chi connectivity index (χ2v) is 6.32. The number of Topliss-reactive ketones (excluding diaryl/α,β-unsaturated/α-hetero) is 1. The molecule has 1 atom stereocenters. The van der Waals surface area contributed by atoms with Gasteiger partial charge in [0.25, 0.3) is 11.5 Å². The fraction of sp³-hybridized carbons (Fsp3) is 0.353. The average Bonchev–Trinajstić information content (AvgIpc) is 2.60. The Balaban J connectivity index is 2.54. The summed E-state index contributed by atoms with van der Waals surface area (Å²) in [5.41, 5.74) is 1.22. The smallest absolute Gasteiger partial charge is 0.379 e. The van der Waals surface area contributed by atoms with Gasteiger partial charge in [-0.3, -0.25) is 14.9 Å². The van der Waals surface area contributed by atoms with Crippen LogP contribution >= 0.6 is 12.2 Å². The largest absolute Gasteiger partial charge is 0.460 e. The average molecular weight is 377 g/mol. The number of benzene rings is 1. The minimum absolute atomic E-state index is 0.0726. The molecule has 0 aliphatic carbocycles. The summed E-state index contributed by atoms with van der Waals surface area (Å²) in [7, 11) is 0. The summed E-state index contributed by atoms with van der Waals surface area (Å²) in [6, 6.07) is 5.02. The molecule has 0 aromatic heterocycles.